The Morgan fingerprint density at radius 3 is 2.36 bits per heavy atom. The number of aromatic nitrogens is 1. The molecule has 0 atom stereocenters. The molecule has 118 valence electrons. The van der Waals surface area contributed by atoms with Crippen molar-refractivity contribution in [1.29, 1.82) is 0 Å². The van der Waals surface area contributed by atoms with Gasteiger partial charge in [0.25, 0.3) is 0 Å². The molecule has 0 fully saturated rings. The van der Waals surface area contributed by atoms with Crippen LogP contribution in [0.2, 0.25) is 17.3 Å². The van der Waals surface area contributed by atoms with Gasteiger partial charge in [0, 0.05) is 0 Å². The first-order chi connectivity index (χ1) is 10.8. The van der Waals surface area contributed by atoms with Crippen LogP contribution in [0, 0.1) is 12.3 Å². The molecule has 0 saturated carbocycles. The van der Waals surface area contributed by atoms with Crippen molar-refractivity contribution >= 4 is 17.7 Å². The fraction of sp³-hybridized carbons (Fsp3) is 0.450. The Labute approximate surface area is 141 Å². The summed E-state index contributed by atoms with van der Waals surface area (Å²) in [5.74, 6) is 6.89. The SMILES string of the molecule is [2H]C([2H])(c1cc(-c2cccc(C)c2)nc[c]1[Ge]([CH3])([CH3])[CH3])C(C)(C)C. The topological polar surface area (TPSA) is 12.9 Å². The van der Waals surface area contributed by atoms with Gasteiger partial charge in [0.05, 0.1) is 0 Å². The van der Waals surface area contributed by atoms with Crippen LogP contribution in [0.3, 0.4) is 0 Å². The predicted octanol–water partition coefficient (Wildman–Crippen LogP) is 5.19. The molecule has 0 spiro atoms. The summed E-state index contributed by atoms with van der Waals surface area (Å²) in [7, 11) is 0. The number of benzene rings is 1. The zero-order chi connectivity index (χ0) is 18.3. The van der Waals surface area contributed by atoms with E-state index >= 15 is 0 Å². The van der Waals surface area contributed by atoms with Crippen LogP contribution >= 0.6 is 0 Å². The van der Waals surface area contributed by atoms with Crippen molar-refractivity contribution < 1.29 is 2.74 Å². The van der Waals surface area contributed by atoms with Gasteiger partial charge in [-0.05, 0) is 0 Å². The molecule has 0 unspecified atom stereocenters. The molecule has 0 N–H and O–H groups in total. The second kappa shape index (κ2) is 6.19. The molecule has 22 heavy (non-hydrogen) atoms. The zero-order valence-corrected chi connectivity index (χ0v) is 17.0. The van der Waals surface area contributed by atoms with E-state index in [9.17, 15) is 0 Å². The van der Waals surface area contributed by atoms with Crippen molar-refractivity contribution in [2.75, 3.05) is 0 Å². The number of rotatable bonds is 3. The fourth-order valence-corrected chi connectivity index (χ4v) is 5.45. The summed E-state index contributed by atoms with van der Waals surface area (Å²) in [5.41, 5.74) is 3.45. The Morgan fingerprint density at radius 2 is 1.82 bits per heavy atom. The van der Waals surface area contributed by atoms with E-state index in [1.54, 1.807) is 0 Å². The standard InChI is InChI=1S/C20H29GeN/c1-15-9-8-10-16(11-15)19-12-17(13-20(2,3)4)18(14-22-19)21(5,6)7/h8-12,14H,13H2,1-7H3/i13D2. The first-order valence-corrected chi connectivity index (χ1v) is 15.3. The molecule has 2 aromatic rings. The van der Waals surface area contributed by atoms with E-state index in [1.807, 2.05) is 45.2 Å². The van der Waals surface area contributed by atoms with Gasteiger partial charge in [-0.2, -0.15) is 0 Å². The molecule has 1 aromatic carbocycles. The van der Waals surface area contributed by atoms with Crippen LogP contribution in [0.1, 0.15) is 34.6 Å². The van der Waals surface area contributed by atoms with Gasteiger partial charge in [-0.25, -0.2) is 0 Å². The van der Waals surface area contributed by atoms with E-state index in [-0.39, 0.29) is 0 Å². The summed E-state index contributed by atoms with van der Waals surface area (Å²) in [6.45, 7) is 7.98. The minimum atomic E-state index is -2.24. The third-order valence-electron chi connectivity index (χ3n) is 3.54. The average Bonchev–Trinajstić information content (AvgIpc) is 2.44. The van der Waals surface area contributed by atoms with E-state index in [1.165, 1.54) is 5.56 Å². The Bertz CT molecular complexity index is 740. The van der Waals surface area contributed by atoms with E-state index < -0.39 is 25.1 Å². The van der Waals surface area contributed by atoms with Crippen molar-refractivity contribution in [2.45, 2.75) is 51.3 Å². The van der Waals surface area contributed by atoms with Crippen LogP contribution in [0.4, 0.5) is 0 Å². The summed E-state index contributed by atoms with van der Waals surface area (Å²) in [5, 5.41) is 0. The zero-order valence-electron chi connectivity index (χ0n) is 16.9. The Balaban J connectivity index is 2.72. The van der Waals surface area contributed by atoms with Crippen molar-refractivity contribution in [2.24, 2.45) is 5.41 Å². The Kier molecular flexibility index (Phi) is 4.08. The van der Waals surface area contributed by atoms with Crippen molar-refractivity contribution in [1.82, 2.24) is 4.98 Å². The normalized spacial score (nSPS) is 14.5. The second-order valence-corrected chi connectivity index (χ2v) is 18.7. The predicted molar refractivity (Wildman–Crippen MR) is 101 cm³/mol. The molecule has 1 heterocycles. The molecule has 0 radical (unpaired) electrons. The molecule has 0 amide bonds. The molecule has 1 nitrogen and oxygen atoms in total. The summed E-state index contributed by atoms with van der Waals surface area (Å²) in [6, 6.07) is 10.2. The molecule has 2 rings (SSSR count). The fourth-order valence-electron chi connectivity index (χ4n) is 2.52. The monoisotopic (exact) mass is 359 g/mol. The van der Waals surface area contributed by atoms with E-state index in [4.69, 9.17) is 7.73 Å². The molecule has 0 bridgehead atoms. The van der Waals surface area contributed by atoms with Gasteiger partial charge in [-0.15, -0.1) is 0 Å². The average molecular weight is 358 g/mol. The molecular weight excluding hydrogens is 327 g/mol. The molecule has 0 aliphatic heterocycles. The first kappa shape index (κ1) is 14.5. The van der Waals surface area contributed by atoms with Gasteiger partial charge >= 0.3 is 141 Å². The Morgan fingerprint density at radius 1 is 1.14 bits per heavy atom. The molecular formula is C20H29GeN. The van der Waals surface area contributed by atoms with Gasteiger partial charge in [-0.1, -0.05) is 0 Å². The summed E-state index contributed by atoms with van der Waals surface area (Å²) in [6.07, 6.45) is 0.541. The number of aryl methyl sites for hydroxylation is 1. The van der Waals surface area contributed by atoms with Gasteiger partial charge in [0.15, 0.2) is 0 Å². The number of nitrogens with zero attached hydrogens (tertiary/aromatic N) is 1. The molecule has 0 aliphatic carbocycles. The van der Waals surface area contributed by atoms with Crippen LogP contribution < -0.4 is 4.40 Å². The molecule has 0 saturated heterocycles. The van der Waals surface area contributed by atoms with Crippen molar-refractivity contribution in [3.05, 3.63) is 47.7 Å². The third kappa shape index (κ3) is 4.45. The minimum absolute atomic E-state index is 0.472. The van der Waals surface area contributed by atoms with Crippen LogP contribution in [0.15, 0.2) is 36.5 Å². The number of pyridine rings is 1. The van der Waals surface area contributed by atoms with Gasteiger partial charge < -0.3 is 0 Å². The summed E-state index contributed by atoms with van der Waals surface area (Å²) in [4.78, 5) is 4.69. The van der Waals surface area contributed by atoms with E-state index in [0.717, 1.165) is 21.2 Å². The number of hydrogen-bond acceptors (Lipinski definition) is 1. The first-order valence-electron chi connectivity index (χ1n) is 8.92. The van der Waals surface area contributed by atoms with Crippen molar-refractivity contribution in [3.8, 4) is 11.3 Å². The van der Waals surface area contributed by atoms with E-state index in [0.29, 0.717) is 0 Å². The van der Waals surface area contributed by atoms with Gasteiger partial charge in [-0.3, -0.25) is 0 Å². The van der Waals surface area contributed by atoms with Crippen LogP contribution in [-0.2, 0) is 6.37 Å². The second-order valence-electron chi connectivity index (χ2n) is 8.11. The number of hydrogen-bond donors (Lipinski definition) is 0. The van der Waals surface area contributed by atoms with Crippen molar-refractivity contribution in [3.63, 3.8) is 0 Å². The molecule has 1 aromatic heterocycles. The molecule has 0 aliphatic rings. The van der Waals surface area contributed by atoms with Crippen LogP contribution in [0.5, 0.6) is 0 Å². The summed E-state index contributed by atoms with van der Waals surface area (Å²) < 4.78 is 18.8. The summed E-state index contributed by atoms with van der Waals surface area (Å²) >= 11 is -2.24. The molecule has 2 heteroatoms. The van der Waals surface area contributed by atoms with Gasteiger partial charge in [0.2, 0.25) is 0 Å². The maximum atomic E-state index is 8.81. The van der Waals surface area contributed by atoms with E-state index in [2.05, 4.69) is 36.3 Å². The quantitative estimate of drug-likeness (QED) is 0.688. The van der Waals surface area contributed by atoms with Crippen LogP contribution in [0.25, 0.3) is 11.3 Å². The maximum absolute atomic E-state index is 8.81. The van der Waals surface area contributed by atoms with Gasteiger partial charge in [0.1, 0.15) is 0 Å². The third-order valence-corrected chi connectivity index (χ3v) is 7.76. The van der Waals surface area contributed by atoms with Crippen LogP contribution in [-0.4, -0.2) is 18.3 Å². The Hall–Kier alpha value is -1.09.